The van der Waals surface area contributed by atoms with Gasteiger partial charge in [0, 0.05) is 22.3 Å². The summed E-state index contributed by atoms with van der Waals surface area (Å²) < 4.78 is 13.1. The molecule has 0 heterocycles. The summed E-state index contributed by atoms with van der Waals surface area (Å²) in [6.07, 6.45) is 1.87. The predicted octanol–water partition coefficient (Wildman–Crippen LogP) is 7.80. The van der Waals surface area contributed by atoms with Crippen molar-refractivity contribution in [2.24, 2.45) is 0 Å². The molecule has 0 saturated carbocycles. The molecule has 0 aliphatic heterocycles. The maximum atomic E-state index is 7.13. The highest BCUT2D eigenvalue weighted by molar-refractivity contribution is 6.74. The monoisotopic (exact) mass is 422 g/mol. The van der Waals surface area contributed by atoms with E-state index in [1.54, 1.807) is 7.11 Å². The van der Waals surface area contributed by atoms with Crippen molar-refractivity contribution in [1.82, 2.24) is 0 Å². The minimum atomic E-state index is -2.03. The largest absolute Gasteiger partial charge is 0.543 e. The zero-order chi connectivity index (χ0) is 22.4. The van der Waals surface area contributed by atoms with Gasteiger partial charge < -0.3 is 9.16 Å². The summed E-state index contributed by atoms with van der Waals surface area (Å²) in [6, 6.07) is 8.64. The average Bonchev–Trinajstić information content (AvgIpc) is 2.64. The van der Waals surface area contributed by atoms with Crippen LogP contribution < -0.4 is 9.16 Å². The topological polar surface area (TPSA) is 18.5 Å². The summed E-state index contributed by atoms with van der Waals surface area (Å²) >= 11 is 0. The van der Waals surface area contributed by atoms with Gasteiger partial charge in [0.2, 0.25) is 0 Å². The van der Waals surface area contributed by atoms with Crippen LogP contribution in [-0.2, 0) is 12.8 Å². The summed E-state index contributed by atoms with van der Waals surface area (Å²) in [4.78, 5) is 0. The van der Waals surface area contributed by atoms with E-state index >= 15 is 0 Å². The quantitative estimate of drug-likeness (QED) is 0.369. The number of rotatable bonds is 4. The SMILES string of the molecule is COc1c(C)c(-c2ccccc2C)c(O[Si](C)(C)C(C)(C)C)c2c1CC(C)=C(C)C2. The smallest absolute Gasteiger partial charge is 0.250 e. The van der Waals surface area contributed by atoms with E-state index in [1.807, 2.05) is 0 Å². The Morgan fingerprint density at radius 1 is 0.833 bits per heavy atom. The second-order valence-electron chi connectivity index (χ2n) is 10.4. The lowest BCUT2D eigenvalue weighted by atomic mass is 9.81. The summed E-state index contributed by atoms with van der Waals surface area (Å²) in [7, 11) is -0.228. The molecule has 0 fully saturated rings. The van der Waals surface area contributed by atoms with Crippen molar-refractivity contribution in [2.75, 3.05) is 7.11 Å². The van der Waals surface area contributed by atoms with Gasteiger partial charge in [-0.2, -0.15) is 0 Å². The standard InChI is InChI=1S/C27H38O2Si/c1-17-13-11-12-14-21(17)24-20(4)25(28-8)22-15-18(2)19(3)16-23(22)26(24)29-30(9,10)27(5,6)7/h11-14H,15-16H2,1-10H3. The predicted molar refractivity (Wildman–Crippen MR) is 132 cm³/mol. The third-order valence-electron chi connectivity index (χ3n) is 7.25. The van der Waals surface area contributed by atoms with Crippen molar-refractivity contribution in [3.05, 3.63) is 57.7 Å². The fourth-order valence-electron chi connectivity index (χ4n) is 4.12. The normalized spacial score (nSPS) is 14.6. The van der Waals surface area contributed by atoms with E-state index in [0.29, 0.717) is 0 Å². The fraction of sp³-hybridized carbons (Fsp3) is 0.481. The first-order valence-corrected chi connectivity index (χ1v) is 13.9. The van der Waals surface area contributed by atoms with Crippen LogP contribution >= 0.6 is 0 Å². The molecule has 0 saturated heterocycles. The van der Waals surface area contributed by atoms with Crippen LogP contribution in [0.5, 0.6) is 11.5 Å². The van der Waals surface area contributed by atoms with Crippen LogP contribution in [0.25, 0.3) is 11.1 Å². The zero-order valence-electron chi connectivity index (χ0n) is 20.5. The maximum Gasteiger partial charge on any atom is 0.250 e. The lowest BCUT2D eigenvalue weighted by molar-refractivity contribution is 0.404. The minimum absolute atomic E-state index is 0.131. The lowest BCUT2D eigenvalue weighted by Gasteiger charge is -2.39. The van der Waals surface area contributed by atoms with Gasteiger partial charge in [-0.1, -0.05) is 56.2 Å². The van der Waals surface area contributed by atoms with Gasteiger partial charge in [-0.25, -0.2) is 0 Å². The highest BCUT2D eigenvalue weighted by atomic mass is 28.4. The molecule has 0 radical (unpaired) electrons. The van der Waals surface area contributed by atoms with Crippen molar-refractivity contribution in [1.29, 1.82) is 0 Å². The van der Waals surface area contributed by atoms with E-state index in [0.717, 1.165) is 24.3 Å². The third-order valence-corrected chi connectivity index (χ3v) is 11.6. The highest BCUT2D eigenvalue weighted by Crippen LogP contribution is 2.50. The molecule has 0 unspecified atom stereocenters. The van der Waals surface area contributed by atoms with Gasteiger partial charge >= 0.3 is 0 Å². The van der Waals surface area contributed by atoms with Gasteiger partial charge in [0.05, 0.1) is 7.11 Å². The van der Waals surface area contributed by atoms with Crippen molar-refractivity contribution in [3.8, 4) is 22.6 Å². The van der Waals surface area contributed by atoms with Crippen LogP contribution in [0.1, 0.15) is 56.9 Å². The van der Waals surface area contributed by atoms with Gasteiger partial charge in [-0.3, -0.25) is 0 Å². The van der Waals surface area contributed by atoms with Gasteiger partial charge in [-0.05, 0) is 69.8 Å². The Morgan fingerprint density at radius 2 is 1.37 bits per heavy atom. The van der Waals surface area contributed by atoms with E-state index in [-0.39, 0.29) is 5.04 Å². The molecule has 2 aromatic carbocycles. The average molecular weight is 423 g/mol. The van der Waals surface area contributed by atoms with E-state index in [4.69, 9.17) is 9.16 Å². The lowest BCUT2D eigenvalue weighted by Crippen LogP contribution is -2.44. The fourth-order valence-corrected chi connectivity index (χ4v) is 5.16. The second-order valence-corrected chi connectivity index (χ2v) is 15.1. The van der Waals surface area contributed by atoms with Gasteiger partial charge in [0.15, 0.2) is 0 Å². The Hall–Kier alpha value is -2.00. The molecule has 1 aliphatic carbocycles. The maximum absolute atomic E-state index is 7.13. The number of benzene rings is 2. The number of hydrogen-bond donors (Lipinski definition) is 0. The molecule has 2 aromatic rings. The summed E-state index contributed by atoms with van der Waals surface area (Å²) in [5.41, 5.74) is 10.4. The van der Waals surface area contributed by atoms with E-state index in [2.05, 4.69) is 85.8 Å². The van der Waals surface area contributed by atoms with Gasteiger partial charge in [-0.15, -0.1) is 0 Å². The second kappa shape index (κ2) is 7.92. The van der Waals surface area contributed by atoms with Crippen molar-refractivity contribution < 1.29 is 9.16 Å². The van der Waals surface area contributed by atoms with Gasteiger partial charge in [0.1, 0.15) is 11.5 Å². The van der Waals surface area contributed by atoms with Gasteiger partial charge in [0.25, 0.3) is 8.32 Å². The van der Waals surface area contributed by atoms with E-state index < -0.39 is 8.32 Å². The number of allylic oxidation sites excluding steroid dienone is 2. The molecule has 0 N–H and O–H groups in total. The van der Waals surface area contributed by atoms with E-state index in [9.17, 15) is 0 Å². The third kappa shape index (κ3) is 3.85. The summed E-state index contributed by atoms with van der Waals surface area (Å²) in [5, 5.41) is 0.131. The first-order chi connectivity index (χ1) is 13.9. The molecule has 0 amide bonds. The summed E-state index contributed by atoms with van der Waals surface area (Å²) in [5.74, 6) is 2.12. The van der Waals surface area contributed by atoms with Crippen LogP contribution in [0.4, 0.5) is 0 Å². The van der Waals surface area contributed by atoms with E-state index in [1.165, 1.54) is 44.5 Å². The molecule has 2 nitrogen and oxygen atoms in total. The first kappa shape index (κ1) is 22.7. The number of ether oxygens (including phenoxy) is 1. The van der Waals surface area contributed by atoms with Crippen molar-refractivity contribution in [2.45, 2.75) is 79.4 Å². The summed E-state index contributed by atoms with van der Waals surface area (Å²) in [6.45, 7) is 20.5. The Kier molecular flexibility index (Phi) is 5.99. The number of fused-ring (bicyclic) bond motifs is 1. The Bertz CT molecular complexity index is 1010. The molecule has 162 valence electrons. The van der Waals surface area contributed by atoms with Crippen LogP contribution in [-0.4, -0.2) is 15.4 Å². The van der Waals surface area contributed by atoms with Crippen LogP contribution in [0.15, 0.2) is 35.4 Å². The van der Waals surface area contributed by atoms with Crippen LogP contribution in [0, 0.1) is 13.8 Å². The Morgan fingerprint density at radius 3 is 1.87 bits per heavy atom. The highest BCUT2D eigenvalue weighted by Gasteiger charge is 2.41. The Balaban J connectivity index is 2.40. The molecular formula is C27H38O2Si. The number of aryl methyl sites for hydroxylation is 1. The minimum Gasteiger partial charge on any atom is -0.543 e. The molecule has 30 heavy (non-hydrogen) atoms. The molecule has 3 heteroatoms. The number of hydrogen-bond acceptors (Lipinski definition) is 2. The molecular weight excluding hydrogens is 384 g/mol. The van der Waals surface area contributed by atoms with Crippen molar-refractivity contribution >= 4 is 8.32 Å². The molecule has 1 aliphatic rings. The van der Waals surface area contributed by atoms with Crippen molar-refractivity contribution in [3.63, 3.8) is 0 Å². The zero-order valence-corrected chi connectivity index (χ0v) is 21.5. The molecule has 0 atom stereocenters. The van der Waals surface area contributed by atoms with Crippen LogP contribution in [0.3, 0.4) is 0 Å². The number of methoxy groups -OCH3 is 1. The molecule has 0 bridgehead atoms. The Labute approximate surface area is 184 Å². The molecule has 3 rings (SSSR count). The van der Waals surface area contributed by atoms with Crippen LogP contribution in [0.2, 0.25) is 18.1 Å². The molecule has 0 aromatic heterocycles. The first-order valence-electron chi connectivity index (χ1n) is 11.0. The molecule has 0 spiro atoms.